The van der Waals surface area contributed by atoms with Gasteiger partial charge in [0.25, 0.3) is 0 Å². The molecule has 0 radical (unpaired) electrons. The average molecular weight is 335 g/mol. The molecule has 1 aliphatic rings. The summed E-state index contributed by atoms with van der Waals surface area (Å²) in [5, 5.41) is 4.68. The predicted molar refractivity (Wildman–Crippen MR) is 102 cm³/mol. The van der Waals surface area contributed by atoms with Gasteiger partial charge in [-0.15, -0.1) is 0 Å². The first-order chi connectivity index (χ1) is 11.8. The fourth-order valence-corrected chi connectivity index (χ4v) is 4.14. The van der Waals surface area contributed by atoms with Crippen LogP contribution in [-0.2, 0) is 0 Å². The number of aromatic nitrogens is 1. The molecule has 3 aromatic rings. The van der Waals surface area contributed by atoms with Crippen molar-refractivity contribution in [2.24, 2.45) is 0 Å². The van der Waals surface area contributed by atoms with Gasteiger partial charge >= 0.3 is 0 Å². The van der Waals surface area contributed by atoms with Gasteiger partial charge < -0.3 is 10.2 Å². The Labute approximate surface area is 147 Å². The number of fused-ring (bicyclic) bond motifs is 1. The van der Waals surface area contributed by atoms with Crippen molar-refractivity contribution in [1.82, 2.24) is 10.3 Å². The van der Waals surface area contributed by atoms with Crippen LogP contribution in [0.1, 0.15) is 5.69 Å². The van der Waals surface area contributed by atoms with Gasteiger partial charge in [0.1, 0.15) is 0 Å². The van der Waals surface area contributed by atoms with Crippen LogP contribution in [0, 0.1) is 6.92 Å². The summed E-state index contributed by atoms with van der Waals surface area (Å²) in [6.45, 7) is 6.28. The van der Waals surface area contributed by atoms with E-state index in [0.29, 0.717) is 0 Å². The summed E-state index contributed by atoms with van der Waals surface area (Å²) in [7, 11) is 0. The van der Waals surface area contributed by atoms with Gasteiger partial charge in [-0.2, -0.15) is 0 Å². The number of pyridine rings is 1. The van der Waals surface area contributed by atoms with E-state index in [-0.39, 0.29) is 0 Å². The Morgan fingerprint density at radius 3 is 2.58 bits per heavy atom. The van der Waals surface area contributed by atoms with Crippen molar-refractivity contribution in [2.75, 3.05) is 31.1 Å². The number of aryl methyl sites for hydroxylation is 1. The molecule has 1 saturated heterocycles. The molecule has 0 spiro atoms. The number of hydrogen-bond donors (Lipinski definition) is 1. The molecule has 24 heavy (non-hydrogen) atoms. The van der Waals surface area contributed by atoms with Gasteiger partial charge in [-0.05, 0) is 31.2 Å². The monoisotopic (exact) mass is 335 g/mol. The molecule has 4 heteroatoms. The lowest BCUT2D eigenvalue weighted by atomic mass is 10.1. The first kappa shape index (κ1) is 15.5. The molecule has 4 rings (SSSR count). The van der Waals surface area contributed by atoms with E-state index in [0.717, 1.165) is 37.4 Å². The maximum Gasteiger partial charge on any atom is 0.0865 e. The number of rotatable bonds is 3. The minimum absolute atomic E-state index is 1.04. The fourth-order valence-electron chi connectivity index (χ4n) is 3.19. The third kappa shape index (κ3) is 3.12. The Bertz CT molecular complexity index is 842. The molecule has 2 heterocycles. The van der Waals surface area contributed by atoms with Crippen LogP contribution in [0.4, 0.5) is 5.69 Å². The summed E-state index contributed by atoms with van der Waals surface area (Å²) in [4.78, 5) is 9.81. The number of nitrogens with one attached hydrogen (secondary N) is 1. The van der Waals surface area contributed by atoms with Crippen LogP contribution in [0.25, 0.3) is 10.9 Å². The number of para-hydroxylation sites is 1. The topological polar surface area (TPSA) is 28.2 Å². The van der Waals surface area contributed by atoms with Crippen molar-refractivity contribution in [2.45, 2.75) is 16.7 Å². The fraction of sp³-hybridized carbons (Fsp3) is 0.250. The van der Waals surface area contributed by atoms with Crippen molar-refractivity contribution in [1.29, 1.82) is 0 Å². The van der Waals surface area contributed by atoms with E-state index in [9.17, 15) is 0 Å². The summed E-state index contributed by atoms with van der Waals surface area (Å²) >= 11 is 1.79. The van der Waals surface area contributed by atoms with Crippen LogP contribution in [-0.4, -0.2) is 31.2 Å². The van der Waals surface area contributed by atoms with E-state index in [4.69, 9.17) is 4.98 Å². The van der Waals surface area contributed by atoms with Gasteiger partial charge in [0, 0.05) is 52.7 Å². The Kier molecular flexibility index (Phi) is 4.41. The number of benzene rings is 2. The zero-order valence-electron chi connectivity index (χ0n) is 13.8. The molecule has 0 amide bonds. The highest BCUT2D eigenvalue weighted by Crippen LogP contribution is 2.36. The van der Waals surface area contributed by atoms with E-state index >= 15 is 0 Å². The van der Waals surface area contributed by atoms with Gasteiger partial charge in [-0.3, -0.25) is 4.98 Å². The van der Waals surface area contributed by atoms with Gasteiger partial charge in [-0.1, -0.05) is 42.1 Å². The molecular formula is C20H21N3S. The lowest BCUT2D eigenvalue weighted by molar-refractivity contribution is 0.590. The molecule has 0 unspecified atom stereocenters. The second-order valence-corrected chi connectivity index (χ2v) is 7.20. The maximum absolute atomic E-state index is 4.86. The molecule has 0 aliphatic carbocycles. The van der Waals surface area contributed by atoms with E-state index < -0.39 is 0 Å². The van der Waals surface area contributed by atoms with Crippen LogP contribution in [0.15, 0.2) is 64.4 Å². The molecule has 122 valence electrons. The number of piperazine rings is 1. The average Bonchev–Trinajstić information content (AvgIpc) is 2.63. The highest BCUT2D eigenvalue weighted by atomic mass is 32.2. The summed E-state index contributed by atoms with van der Waals surface area (Å²) in [6.07, 6.45) is 0. The maximum atomic E-state index is 4.86. The van der Waals surface area contributed by atoms with E-state index in [1.165, 1.54) is 20.9 Å². The second kappa shape index (κ2) is 6.83. The predicted octanol–water partition coefficient (Wildman–Crippen LogP) is 4.10. The summed E-state index contributed by atoms with van der Waals surface area (Å²) < 4.78 is 0. The van der Waals surface area contributed by atoms with Crippen molar-refractivity contribution >= 4 is 28.4 Å². The minimum Gasteiger partial charge on any atom is -0.368 e. The Hall–Kier alpha value is -2.04. The third-order valence-corrected chi connectivity index (χ3v) is 5.39. The van der Waals surface area contributed by atoms with E-state index in [1.807, 2.05) is 0 Å². The van der Waals surface area contributed by atoms with Crippen molar-refractivity contribution < 1.29 is 0 Å². The summed E-state index contributed by atoms with van der Waals surface area (Å²) in [5.41, 5.74) is 3.51. The zero-order chi connectivity index (χ0) is 16.4. The van der Waals surface area contributed by atoms with E-state index in [2.05, 4.69) is 71.7 Å². The molecule has 0 bridgehead atoms. The first-order valence-electron chi connectivity index (χ1n) is 8.40. The molecule has 1 fully saturated rings. The third-order valence-electron chi connectivity index (χ3n) is 4.34. The highest BCUT2D eigenvalue weighted by molar-refractivity contribution is 7.99. The lowest BCUT2D eigenvalue weighted by Gasteiger charge is -2.30. The van der Waals surface area contributed by atoms with Crippen LogP contribution >= 0.6 is 11.8 Å². The standard InChI is InChI=1S/C20H21N3S/c1-15-14-18(23-12-10-21-11-13-23)17-8-5-9-19(20(17)22-15)24-16-6-3-2-4-7-16/h2-9,14,21H,10-13H2,1H3. The molecule has 0 saturated carbocycles. The minimum atomic E-state index is 1.04. The quantitative estimate of drug-likeness (QED) is 0.780. The summed E-state index contributed by atoms with van der Waals surface area (Å²) in [5.74, 6) is 0. The smallest absolute Gasteiger partial charge is 0.0865 e. The van der Waals surface area contributed by atoms with Crippen LogP contribution in [0.2, 0.25) is 0 Å². The molecule has 3 nitrogen and oxygen atoms in total. The number of nitrogens with zero attached hydrogens (tertiary/aromatic N) is 2. The van der Waals surface area contributed by atoms with Crippen molar-refractivity contribution in [3.63, 3.8) is 0 Å². The van der Waals surface area contributed by atoms with Gasteiger partial charge in [0.05, 0.1) is 5.52 Å². The van der Waals surface area contributed by atoms with Gasteiger partial charge in [0.2, 0.25) is 0 Å². The largest absolute Gasteiger partial charge is 0.368 e. The Balaban J connectivity index is 1.80. The molecule has 1 N–H and O–H groups in total. The summed E-state index contributed by atoms with van der Waals surface area (Å²) in [6, 6.07) is 19.3. The van der Waals surface area contributed by atoms with E-state index in [1.54, 1.807) is 11.8 Å². The second-order valence-electron chi connectivity index (χ2n) is 6.09. The van der Waals surface area contributed by atoms with Crippen molar-refractivity contribution in [3.8, 4) is 0 Å². The van der Waals surface area contributed by atoms with Crippen LogP contribution in [0.5, 0.6) is 0 Å². The SMILES string of the molecule is Cc1cc(N2CCNCC2)c2cccc(Sc3ccccc3)c2n1. The normalized spacial score (nSPS) is 15.0. The zero-order valence-corrected chi connectivity index (χ0v) is 14.6. The van der Waals surface area contributed by atoms with Crippen molar-refractivity contribution in [3.05, 3.63) is 60.3 Å². The van der Waals surface area contributed by atoms with Crippen LogP contribution in [0.3, 0.4) is 0 Å². The molecule has 2 aromatic carbocycles. The molecular weight excluding hydrogens is 314 g/mol. The van der Waals surface area contributed by atoms with Crippen LogP contribution < -0.4 is 10.2 Å². The first-order valence-corrected chi connectivity index (χ1v) is 9.22. The molecule has 1 aromatic heterocycles. The highest BCUT2D eigenvalue weighted by Gasteiger charge is 2.16. The number of hydrogen-bond acceptors (Lipinski definition) is 4. The number of anilines is 1. The Morgan fingerprint density at radius 1 is 1.00 bits per heavy atom. The Morgan fingerprint density at radius 2 is 1.79 bits per heavy atom. The lowest BCUT2D eigenvalue weighted by Crippen LogP contribution is -2.43. The van der Waals surface area contributed by atoms with Gasteiger partial charge in [-0.25, -0.2) is 0 Å². The van der Waals surface area contributed by atoms with Gasteiger partial charge in [0.15, 0.2) is 0 Å². The molecule has 1 aliphatic heterocycles. The molecule has 0 atom stereocenters.